The van der Waals surface area contributed by atoms with E-state index in [1.807, 2.05) is 24.3 Å². The first-order valence-electron chi connectivity index (χ1n) is 9.11. The molecule has 0 radical (unpaired) electrons. The number of rotatable bonds is 6. The van der Waals surface area contributed by atoms with E-state index < -0.39 is 0 Å². The molecule has 1 aliphatic carbocycles. The molecule has 0 atom stereocenters. The minimum absolute atomic E-state index is 0.0171. The molecule has 4 rings (SSSR count). The number of carbonyl (C=O) groups excluding carboxylic acids is 1. The van der Waals surface area contributed by atoms with E-state index in [1.165, 1.54) is 22.2 Å². The normalized spacial score (nSPS) is 13.1. The van der Waals surface area contributed by atoms with Crippen molar-refractivity contribution in [2.24, 2.45) is 0 Å². The van der Waals surface area contributed by atoms with Gasteiger partial charge in [0, 0.05) is 23.5 Å². The van der Waals surface area contributed by atoms with Crippen molar-refractivity contribution in [1.82, 2.24) is 14.9 Å². The molecule has 0 bridgehead atoms. The number of benzene rings is 1. The van der Waals surface area contributed by atoms with Crippen molar-refractivity contribution in [3.8, 4) is 0 Å². The van der Waals surface area contributed by atoms with Crippen molar-refractivity contribution >= 4 is 50.8 Å². The number of halogens is 1. The summed E-state index contributed by atoms with van der Waals surface area (Å²) in [7, 11) is 1.77. The van der Waals surface area contributed by atoms with Gasteiger partial charge in [-0.2, -0.15) is 0 Å². The quantitative estimate of drug-likeness (QED) is 0.637. The predicted molar refractivity (Wildman–Crippen MR) is 116 cm³/mol. The third-order valence-electron chi connectivity index (χ3n) is 4.88. The second-order valence-corrected chi connectivity index (χ2v) is 9.36. The Morgan fingerprint density at radius 3 is 3.00 bits per heavy atom. The molecule has 2 heterocycles. The zero-order valence-corrected chi connectivity index (χ0v) is 17.8. The first-order valence-corrected chi connectivity index (χ1v) is 11.5. The highest BCUT2D eigenvalue weighted by Gasteiger charge is 2.21. The van der Waals surface area contributed by atoms with Gasteiger partial charge in [-0.1, -0.05) is 29.8 Å². The van der Waals surface area contributed by atoms with E-state index in [0.29, 0.717) is 28.9 Å². The number of aromatic amines is 1. The van der Waals surface area contributed by atoms with E-state index in [2.05, 4.69) is 9.97 Å². The lowest BCUT2D eigenvalue weighted by Crippen LogP contribution is -2.28. The van der Waals surface area contributed by atoms with E-state index in [9.17, 15) is 9.59 Å². The van der Waals surface area contributed by atoms with Crippen molar-refractivity contribution in [3.05, 3.63) is 61.5 Å². The molecule has 5 nitrogen and oxygen atoms in total. The van der Waals surface area contributed by atoms with Crippen molar-refractivity contribution in [2.45, 2.75) is 31.6 Å². The zero-order valence-electron chi connectivity index (χ0n) is 15.5. The van der Waals surface area contributed by atoms with Gasteiger partial charge in [-0.05, 0) is 36.5 Å². The lowest BCUT2D eigenvalue weighted by atomic mass is 10.2. The van der Waals surface area contributed by atoms with Gasteiger partial charge in [-0.3, -0.25) is 9.59 Å². The van der Waals surface area contributed by atoms with Crippen LogP contribution in [0, 0.1) is 0 Å². The fourth-order valence-electron chi connectivity index (χ4n) is 3.43. The Kier molecular flexibility index (Phi) is 5.75. The smallest absolute Gasteiger partial charge is 0.259 e. The molecule has 0 unspecified atom stereocenters. The Bertz CT molecular complexity index is 1090. The first kappa shape index (κ1) is 19.5. The highest BCUT2D eigenvalue weighted by Crippen LogP contribution is 2.34. The Morgan fingerprint density at radius 1 is 1.36 bits per heavy atom. The summed E-state index contributed by atoms with van der Waals surface area (Å²) in [6, 6.07) is 7.52. The van der Waals surface area contributed by atoms with Crippen LogP contribution in [0.25, 0.3) is 10.2 Å². The van der Waals surface area contributed by atoms with Crippen LogP contribution in [0.2, 0.25) is 5.02 Å². The van der Waals surface area contributed by atoms with Crippen LogP contribution in [0.5, 0.6) is 0 Å². The number of nitrogens with zero attached hydrogens (tertiary/aromatic N) is 2. The Labute approximate surface area is 176 Å². The van der Waals surface area contributed by atoms with Crippen molar-refractivity contribution in [3.63, 3.8) is 0 Å². The molecule has 8 heteroatoms. The van der Waals surface area contributed by atoms with Crippen LogP contribution in [0.1, 0.15) is 28.2 Å². The van der Waals surface area contributed by atoms with Gasteiger partial charge in [0.25, 0.3) is 5.56 Å². The summed E-state index contributed by atoms with van der Waals surface area (Å²) >= 11 is 9.25. The summed E-state index contributed by atoms with van der Waals surface area (Å²) in [6.07, 6.45) is 3.14. The van der Waals surface area contributed by atoms with Crippen LogP contribution >= 0.6 is 34.7 Å². The number of aryl methyl sites for hydroxylation is 2. The monoisotopic (exact) mass is 433 g/mol. The minimum atomic E-state index is -0.0536. The predicted octanol–water partition coefficient (Wildman–Crippen LogP) is 4.02. The van der Waals surface area contributed by atoms with Gasteiger partial charge in [0.05, 0.1) is 16.9 Å². The average Bonchev–Trinajstić information content (AvgIpc) is 3.24. The number of H-pyrrole nitrogens is 1. The number of nitrogens with one attached hydrogen (secondary N) is 1. The van der Waals surface area contributed by atoms with Crippen LogP contribution in [0.4, 0.5) is 0 Å². The molecular formula is C20H20ClN3O2S2. The third-order valence-corrected chi connectivity index (χ3v) is 7.36. The molecule has 0 aliphatic heterocycles. The second-order valence-electron chi connectivity index (χ2n) is 6.88. The summed E-state index contributed by atoms with van der Waals surface area (Å²) < 4.78 is 0. The highest BCUT2D eigenvalue weighted by atomic mass is 35.5. The molecular weight excluding hydrogens is 414 g/mol. The molecule has 0 fully saturated rings. The second kappa shape index (κ2) is 8.27. The first-order chi connectivity index (χ1) is 13.5. The molecule has 1 aliphatic rings. The van der Waals surface area contributed by atoms with Gasteiger partial charge in [0.2, 0.25) is 5.91 Å². The summed E-state index contributed by atoms with van der Waals surface area (Å²) in [4.78, 5) is 36.2. The van der Waals surface area contributed by atoms with Gasteiger partial charge < -0.3 is 9.88 Å². The summed E-state index contributed by atoms with van der Waals surface area (Å²) in [6.45, 7) is 0.473. The fourth-order valence-corrected chi connectivity index (χ4v) is 5.73. The summed E-state index contributed by atoms with van der Waals surface area (Å²) in [5.74, 6) is 1.47. The average molecular weight is 434 g/mol. The van der Waals surface area contributed by atoms with Crippen molar-refractivity contribution < 1.29 is 4.79 Å². The van der Waals surface area contributed by atoms with Crippen molar-refractivity contribution in [2.75, 3.05) is 12.8 Å². The number of carbonyl (C=O) groups is 1. The number of hydrogen-bond donors (Lipinski definition) is 1. The maximum atomic E-state index is 12.5. The largest absolute Gasteiger partial charge is 0.341 e. The molecule has 0 saturated heterocycles. The van der Waals surface area contributed by atoms with Gasteiger partial charge in [-0.15, -0.1) is 23.1 Å². The van der Waals surface area contributed by atoms with Crippen molar-refractivity contribution in [1.29, 1.82) is 0 Å². The standard InChI is InChI=1S/C20H20ClN3O2S2/c1-24(9-12-5-2-3-7-14(12)21)17(25)11-27-10-16-22-19(26)18-13-6-4-8-15(13)28-20(18)23-16/h2-3,5,7H,4,6,8-11H2,1H3,(H,22,23,26). The fraction of sp³-hybridized carbons (Fsp3) is 0.350. The van der Waals surface area contributed by atoms with E-state index in [1.54, 1.807) is 23.3 Å². The number of amides is 1. The van der Waals surface area contributed by atoms with Crippen LogP contribution in [0.15, 0.2) is 29.1 Å². The van der Waals surface area contributed by atoms with E-state index in [-0.39, 0.29) is 11.5 Å². The number of hydrogen-bond acceptors (Lipinski definition) is 5. The number of thiophene rings is 1. The van der Waals surface area contributed by atoms with E-state index >= 15 is 0 Å². The Balaban J connectivity index is 1.36. The Hall–Kier alpha value is -1.83. The third kappa shape index (κ3) is 3.97. The summed E-state index contributed by atoms with van der Waals surface area (Å²) in [5, 5.41) is 1.43. The highest BCUT2D eigenvalue weighted by molar-refractivity contribution is 7.99. The lowest BCUT2D eigenvalue weighted by Gasteiger charge is -2.17. The van der Waals surface area contributed by atoms with Crippen LogP contribution in [-0.4, -0.2) is 33.6 Å². The molecule has 1 amide bonds. The van der Waals surface area contributed by atoms with Gasteiger partial charge >= 0.3 is 0 Å². The minimum Gasteiger partial charge on any atom is -0.341 e. The molecule has 0 saturated carbocycles. The molecule has 2 aromatic heterocycles. The van der Waals surface area contributed by atoms with Crippen LogP contribution in [-0.2, 0) is 29.9 Å². The molecule has 0 spiro atoms. The molecule has 1 aromatic carbocycles. The molecule has 1 N–H and O–H groups in total. The number of fused-ring (bicyclic) bond motifs is 3. The lowest BCUT2D eigenvalue weighted by molar-refractivity contribution is -0.127. The summed E-state index contributed by atoms with van der Waals surface area (Å²) in [5.41, 5.74) is 2.05. The van der Waals surface area contributed by atoms with Crippen LogP contribution < -0.4 is 5.56 Å². The molecule has 28 heavy (non-hydrogen) atoms. The zero-order chi connectivity index (χ0) is 19.7. The van der Waals surface area contributed by atoms with Crippen LogP contribution in [0.3, 0.4) is 0 Å². The molecule has 146 valence electrons. The van der Waals surface area contributed by atoms with Gasteiger partial charge in [0.1, 0.15) is 10.7 Å². The van der Waals surface area contributed by atoms with Gasteiger partial charge in [0.15, 0.2) is 0 Å². The Morgan fingerprint density at radius 2 is 2.18 bits per heavy atom. The van der Waals surface area contributed by atoms with E-state index in [0.717, 1.165) is 35.0 Å². The van der Waals surface area contributed by atoms with E-state index in [4.69, 9.17) is 11.6 Å². The SMILES string of the molecule is CN(Cc1ccccc1Cl)C(=O)CSCc1nc2sc3c(c2c(=O)[nH]1)CCC3. The molecule has 3 aromatic rings. The topological polar surface area (TPSA) is 66.1 Å². The maximum Gasteiger partial charge on any atom is 0.259 e. The maximum absolute atomic E-state index is 12.5. The number of aromatic nitrogens is 2. The van der Waals surface area contributed by atoms with Gasteiger partial charge in [-0.25, -0.2) is 4.98 Å². The number of thioether (sulfide) groups is 1.